The molecule has 1 saturated heterocycles. The Balaban J connectivity index is 1.87. The maximum Gasteiger partial charge on any atom is 0.243 e. The van der Waals surface area contributed by atoms with Gasteiger partial charge in [0.1, 0.15) is 6.04 Å². The van der Waals surface area contributed by atoms with E-state index in [4.69, 9.17) is 9.47 Å². The van der Waals surface area contributed by atoms with Gasteiger partial charge < -0.3 is 14.8 Å². The molecule has 0 aliphatic carbocycles. The van der Waals surface area contributed by atoms with Crippen LogP contribution in [-0.2, 0) is 14.8 Å². The normalized spacial score (nSPS) is 17.3. The number of amides is 1. The topological polar surface area (TPSA) is 84.9 Å². The molecule has 1 N–H and O–H groups in total. The second kappa shape index (κ2) is 8.20. The standard InChI is InChI=1S/C20H24N2O5S/c1-14-7-4-5-8-16(14)21-20(23)17-9-6-12-22(17)28(24,25)15-10-11-18(26-2)19(13-15)27-3/h4-5,7-8,10-11,13,17H,6,9,12H2,1-3H3,(H,21,23). The first kappa shape index (κ1) is 20.2. The molecule has 1 fully saturated rings. The average Bonchev–Trinajstić information content (AvgIpc) is 3.20. The molecule has 1 atom stereocenters. The van der Waals surface area contributed by atoms with E-state index in [1.54, 1.807) is 12.1 Å². The second-order valence-corrected chi connectivity index (χ2v) is 8.49. The second-order valence-electron chi connectivity index (χ2n) is 6.59. The summed E-state index contributed by atoms with van der Waals surface area (Å²) in [6, 6.07) is 11.1. The van der Waals surface area contributed by atoms with Crippen molar-refractivity contribution in [1.82, 2.24) is 4.31 Å². The van der Waals surface area contributed by atoms with Gasteiger partial charge in [0, 0.05) is 18.3 Å². The number of ether oxygens (including phenoxy) is 2. The highest BCUT2D eigenvalue weighted by Crippen LogP contribution is 2.33. The molecule has 0 saturated carbocycles. The molecule has 0 radical (unpaired) electrons. The molecule has 1 aliphatic rings. The minimum Gasteiger partial charge on any atom is -0.493 e. The van der Waals surface area contributed by atoms with Crippen LogP contribution in [0.1, 0.15) is 18.4 Å². The first-order chi connectivity index (χ1) is 13.4. The van der Waals surface area contributed by atoms with Crippen molar-refractivity contribution in [3.63, 3.8) is 0 Å². The zero-order chi connectivity index (χ0) is 20.3. The summed E-state index contributed by atoms with van der Waals surface area (Å²) in [5.41, 5.74) is 1.60. The van der Waals surface area contributed by atoms with Crippen LogP contribution < -0.4 is 14.8 Å². The van der Waals surface area contributed by atoms with Crippen molar-refractivity contribution in [1.29, 1.82) is 0 Å². The van der Waals surface area contributed by atoms with E-state index in [2.05, 4.69) is 5.32 Å². The van der Waals surface area contributed by atoms with Crippen molar-refractivity contribution in [3.05, 3.63) is 48.0 Å². The molecular weight excluding hydrogens is 380 g/mol. The average molecular weight is 404 g/mol. The van der Waals surface area contributed by atoms with Gasteiger partial charge in [0.15, 0.2) is 11.5 Å². The van der Waals surface area contributed by atoms with E-state index < -0.39 is 16.1 Å². The summed E-state index contributed by atoms with van der Waals surface area (Å²) in [5.74, 6) is 0.441. The van der Waals surface area contributed by atoms with Crippen molar-refractivity contribution in [2.45, 2.75) is 30.7 Å². The molecule has 1 aliphatic heterocycles. The van der Waals surface area contributed by atoms with Gasteiger partial charge in [0.2, 0.25) is 15.9 Å². The Kier molecular flexibility index (Phi) is 5.90. The first-order valence-corrected chi connectivity index (χ1v) is 10.4. The summed E-state index contributed by atoms with van der Waals surface area (Å²) in [6.07, 6.45) is 1.10. The maximum atomic E-state index is 13.2. The third-order valence-corrected chi connectivity index (χ3v) is 6.78. The zero-order valence-corrected chi connectivity index (χ0v) is 17.0. The lowest BCUT2D eigenvalue weighted by Gasteiger charge is -2.24. The molecular formula is C20H24N2O5S. The molecule has 1 heterocycles. The van der Waals surface area contributed by atoms with Crippen LogP contribution in [0.2, 0.25) is 0 Å². The lowest BCUT2D eigenvalue weighted by Crippen LogP contribution is -2.43. The van der Waals surface area contributed by atoms with E-state index in [-0.39, 0.29) is 10.8 Å². The Morgan fingerprint density at radius 3 is 2.50 bits per heavy atom. The Morgan fingerprint density at radius 2 is 1.82 bits per heavy atom. The van der Waals surface area contributed by atoms with Gasteiger partial charge >= 0.3 is 0 Å². The van der Waals surface area contributed by atoms with E-state index >= 15 is 0 Å². The summed E-state index contributed by atoms with van der Waals surface area (Å²) in [6.45, 7) is 2.19. The van der Waals surface area contributed by atoms with Crippen LogP contribution in [-0.4, -0.2) is 45.4 Å². The number of hydrogen-bond acceptors (Lipinski definition) is 5. The molecule has 1 unspecified atom stereocenters. The molecule has 2 aromatic carbocycles. The third-order valence-electron chi connectivity index (χ3n) is 4.87. The maximum absolute atomic E-state index is 13.2. The molecule has 8 heteroatoms. The van der Waals surface area contributed by atoms with Gasteiger partial charge in [-0.05, 0) is 43.5 Å². The number of methoxy groups -OCH3 is 2. The number of carbonyl (C=O) groups is 1. The lowest BCUT2D eigenvalue weighted by atomic mass is 10.1. The van der Waals surface area contributed by atoms with Crippen LogP contribution >= 0.6 is 0 Å². The van der Waals surface area contributed by atoms with Gasteiger partial charge in [0.25, 0.3) is 0 Å². The van der Waals surface area contributed by atoms with Crippen LogP contribution in [0.4, 0.5) is 5.69 Å². The number of rotatable bonds is 6. The fourth-order valence-electron chi connectivity index (χ4n) is 3.33. The fourth-order valence-corrected chi connectivity index (χ4v) is 5.00. The van der Waals surface area contributed by atoms with Crippen LogP contribution in [0.15, 0.2) is 47.4 Å². The molecule has 1 amide bonds. The number of sulfonamides is 1. The van der Waals surface area contributed by atoms with E-state index in [1.165, 1.54) is 30.7 Å². The molecule has 0 bridgehead atoms. The van der Waals surface area contributed by atoms with E-state index in [1.807, 2.05) is 25.1 Å². The largest absolute Gasteiger partial charge is 0.493 e. The third kappa shape index (κ3) is 3.83. The number of benzene rings is 2. The minimum atomic E-state index is -3.86. The fraction of sp³-hybridized carbons (Fsp3) is 0.350. The summed E-state index contributed by atoms with van der Waals surface area (Å²) >= 11 is 0. The minimum absolute atomic E-state index is 0.0701. The lowest BCUT2D eigenvalue weighted by molar-refractivity contribution is -0.119. The predicted octanol–water partition coefficient (Wildman–Crippen LogP) is 2.80. The molecule has 7 nitrogen and oxygen atoms in total. The van der Waals surface area contributed by atoms with Gasteiger partial charge in [-0.15, -0.1) is 0 Å². The predicted molar refractivity (Wildman–Crippen MR) is 106 cm³/mol. The van der Waals surface area contributed by atoms with Crippen LogP contribution in [0.5, 0.6) is 11.5 Å². The van der Waals surface area contributed by atoms with Crippen LogP contribution in [0.3, 0.4) is 0 Å². The van der Waals surface area contributed by atoms with Gasteiger partial charge in [-0.25, -0.2) is 8.42 Å². The zero-order valence-electron chi connectivity index (χ0n) is 16.1. The van der Waals surface area contributed by atoms with Crippen molar-refractivity contribution in [3.8, 4) is 11.5 Å². The highest BCUT2D eigenvalue weighted by atomic mass is 32.2. The number of carbonyl (C=O) groups excluding carboxylic acids is 1. The van der Waals surface area contributed by atoms with Crippen LogP contribution in [0, 0.1) is 6.92 Å². The van der Waals surface area contributed by atoms with Crippen LogP contribution in [0.25, 0.3) is 0 Å². The van der Waals surface area contributed by atoms with Gasteiger partial charge in [0.05, 0.1) is 19.1 Å². The molecule has 150 valence electrons. The summed E-state index contributed by atoms with van der Waals surface area (Å²) in [5, 5.41) is 2.86. The number of hydrogen-bond donors (Lipinski definition) is 1. The monoisotopic (exact) mass is 404 g/mol. The Bertz CT molecular complexity index is 974. The van der Waals surface area contributed by atoms with E-state index in [9.17, 15) is 13.2 Å². The van der Waals surface area contributed by atoms with Gasteiger partial charge in [-0.2, -0.15) is 4.31 Å². The van der Waals surface area contributed by atoms with Crippen molar-refractivity contribution >= 4 is 21.6 Å². The van der Waals surface area contributed by atoms with Crippen molar-refractivity contribution in [2.24, 2.45) is 0 Å². The quantitative estimate of drug-likeness (QED) is 0.800. The number of nitrogens with zero attached hydrogens (tertiary/aromatic N) is 1. The molecule has 28 heavy (non-hydrogen) atoms. The van der Waals surface area contributed by atoms with Crippen molar-refractivity contribution in [2.75, 3.05) is 26.1 Å². The first-order valence-electron chi connectivity index (χ1n) is 8.99. The highest BCUT2D eigenvalue weighted by molar-refractivity contribution is 7.89. The Labute approximate surface area is 165 Å². The Hall–Kier alpha value is -2.58. The molecule has 0 aromatic heterocycles. The summed E-state index contributed by atoms with van der Waals surface area (Å²) in [7, 11) is -0.924. The smallest absolute Gasteiger partial charge is 0.243 e. The number of nitrogens with one attached hydrogen (secondary N) is 1. The van der Waals surface area contributed by atoms with E-state index in [0.29, 0.717) is 36.6 Å². The number of para-hydroxylation sites is 1. The summed E-state index contributed by atoms with van der Waals surface area (Å²) in [4.78, 5) is 12.9. The van der Waals surface area contributed by atoms with Gasteiger partial charge in [-0.1, -0.05) is 18.2 Å². The number of anilines is 1. The number of aryl methyl sites for hydroxylation is 1. The van der Waals surface area contributed by atoms with Crippen molar-refractivity contribution < 1.29 is 22.7 Å². The van der Waals surface area contributed by atoms with E-state index in [0.717, 1.165) is 5.56 Å². The summed E-state index contributed by atoms with van der Waals surface area (Å²) < 4.78 is 38.0. The Morgan fingerprint density at radius 1 is 1.11 bits per heavy atom. The molecule has 2 aromatic rings. The SMILES string of the molecule is COc1ccc(S(=O)(=O)N2CCCC2C(=O)Nc2ccccc2C)cc1OC. The highest BCUT2D eigenvalue weighted by Gasteiger charge is 2.39. The van der Waals surface area contributed by atoms with Gasteiger partial charge in [-0.3, -0.25) is 4.79 Å². The molecule has 0 spiro atoms. The molecule has 3 rings (SSSR count).